The van der Waals surface area contributed by atoms with Gasteiger partial charge in [0.25, 0.3) is 5.89 Å². The molecule has 0 bridgehead atoms. The highest BCUT2D eigenvalue weighted by Gasteiger charge is 2.16. The van der Waals surface area contributed by atoms with E-state index in [4.69, 9.17) is 4.42 Å². The molecule has 0 fully saturated rings. The number of hydrogen-bond donors (Lipinski definition) is 2. The third-order valence-electron chi connectivity index (χ3n) is 4.95. The molecule has 8 nitrogen and oxygen atoms in total. The Hall–Kier alpha value is -4.59. The van der Waals surface area contributed by atoms with Gasteiger partial charge in [0.05, 0.1) is 5.52 Å². The molecule has 5 rings (SSSR count). The number of amides is 1. The van der Waals surface area contributed by atoms with Gasteiger partial charge in [0.1, 0.15) is 5.82 Å². The average Bonchev–Trinajstić information content (AvgIpc) is 3.30. The zero-order valence-corrected chi connectivity index (χ0v) is 18.0. The Balaban J connectivity index is 1.51. The van der Waals surface area contributed by atoms with E-state index < -0.39 is 0 Å². The standard InChI is InChI=1S/C25H20N6O2/c1-15-6-5-7-17(14-15)24-30-31-25(33-24)23-28-21-9-4-3-8-20(21)22(29-23)27-19-12-10-18(11-13-19)26-16(2)32/h3-14H,1-2H3,(H,26,32)(H,27,28,29). The highest BCUT2D eigenvalue weighted by molar-refractivity contribution is 5.92. The van der Waals surface area contributed by atoms with Gasteiger partial charge in [0, 0.05) is 29.2 Å². The predicted octanol–water partition coefficient (Wildman–Crippen LogP) is 5.36. The minimum absolute atomic E-state index is 0.119. The second kappa shape index (κ2) is 8.51. The fourth-order valence-electron chi connectivity index (χ4n) is 3.45. The Morgan fingerprint density at radius 2 is 1.61 bits per heavy atom. The Labute approximate surface area is 189 Å². The third-order valence-corrected chi connectivity index (χ3v) is 4.95. The van der Waals surface area contributed by atoms with E-state index in [0.717, 1.165) is 33.4 Å². The SMILES string of the molecule is CC(=O)Nc1ccc(Nc2nc(-c3nnc(-c4cccc(C)c4)o3)nc3ccccc23)cc1. The van der Waals surface area contributed by atoms with Crippen molar-refractivity contribution in [1.82, 2.24) is 20.2 Å². The van der Waals surface area contributed by atoms with E-state index in [0.29, 0.717) is 17.5 Å². The first-order valence-corrected chi connectivity index (χ1v) is 10.4. The van der Waals surface area contributed by atoms with E-state index in [2.05, 4.69) is 30.8 Å². The summed E-state index contributed by atoms with van der Waals surface area (Å²) >= 11 is 0. The zero-order valence-electron chi connectivity index (χ0n) is 18.0. The molecule has 5 aromatic rings. The van der Waals surface area contributed by atoms with Crippen molar-refractivity contribution in [3.63, 3.8) is 0 Å². The average molecular weight is 436 g/mol. The van der Waals surface area contributed by atoms with E-state index in [1.54, 1.807) is 0 Å². The lowest BCUT2D eigenvalue weighted by Crippen LogP contribution is -2.05. The summed E-state index contributed by atoms with van der Waals surface area (Å²) in [5, 5.41) is 15.3. The first-order valence-electron chi connectivity index (χ1n) is 10.4. The summed E-state index contributed by atoms with van der Waals surface area (Å²) < 4.78 is 5.90. The molecule has 0 atom stereocenters. The van der Waals surface area contributed by atoms with Gasteiger partial charge in [-0.15, -0.1) is 10.2 Å². The Kier molecular flexibility index (Phi) is 5.24. The van der Waals surface area contributed by atoms with Crippen LogP contribution in [0.25, 0.3) is 34.1 Å². The van der Waals surface area contributed by atoms with Crippen LogP contribution in [-0.4, -0.2) is 26.1 Å². The van der Waals surface area contributed by atoms with Gasteiger partial charge in [-0.2, -0.15) is 0 Å². The van der Waals surface area contributed by atoms with Crippen LogP contribution >= 0.6 is 0 Å². The molecule has 2 N–H and O–H groups in total. The molecule has 0 aliphatic heterocycles. The highest BCUT2D eigenvalue weighted by atomic mass is 16.4. The number of fused-ring (bicyclic) bond motifs is 1. The molecule has 0 radical (unpaired) electrons. The Morgan fingerprint density at radius 1 is 0.848 bits per heavy atom. The van der Waals surface area contributed by atoms with Crippen LogP contribution < -0.4 is 10.6 Å². The van der Waals surface area contributed by atoms with E-state index in [9.17, 15) is 4.79 Å². The molecule has 3 aromatic carbocycles. The molecule has 1 amide bonds. The van der Waals surface area contributed by atoms with Crippen LogP contribution in [0.1, 0.15) is 12.5 Å². The number of benzene rings is 3. The van der Waals surface area contributed by atoms with Gasteiger partial charge >= 0.3 is 0 Å². The number of anilines is 3. The van der Waals surface area contributed by atoms with Crippen molar-refractivity contribution in [3.8, 4) is 23.2 Å². The molecule has 33 heavy (non-hydrogen) atoms. The van der Waals surface area contributed by atoms with Gasteiger partial charge in [0.15, 0.2) is 0 Å². The molecule has 0 unspecified atom stereocenters. The van der Waals surface area contributed by atoms with Crippen LogP contribution in [-0.2, 0) is 4.79 Å². The first-order chi connectivity index (χ1) is 16.0. The highest BCUT2D eigenvalue weighted by Crippen LogP contribution is 2.29. The van der Waals surface area contributed by atoms with Gasteiger partial charge in [-0.1, -0.05) is 29.8 Å². The number of nitrogens with zero attached hydrogens (tertiary/aromatic N) is 4. The predicted molar refractivity (Wildman–Crippen MR) is 127 cm³/mol. The van der Waals surface area contributed by atoms with Crippen molar-refractivity contribution in [3.05, 3.63) is 78.4 Å². The molecule has 162 valence electrons. The van der Waals surface area contributed by atoms with Crippen molar-refractivity contribution in [2.45, 2.75) is 13.8 Å². The van der Waals surface area contributed by atoms with E-state index >= 15 is 0 Å². The maximum Gasteiger partial charge on any atom is 0.286 e. The summed E-state index contributed by atoms with van der Waals surface area (Å²) in [6.45, 7) is 3.48. The number of para-hydroxylation sites is 1. The fraction of sp³-hybridized carbons (Fsp3) is 0.0800. The van der Waals surface area contributed by atoms with E-state index in [1.807, 2.05) is 79.7 Å². The molecule has 0 aliphatic carbocycles. The third kappa shape index (κ3) is 4.40. The second-order valence-corrected chi connectivity index (χ2v) is 7.58. The number of aromatic nitrogens is 4. The molecule has 2 heterocycles. The molecular formula is C25H20N6O2. The van der Waals surface area contributed by atoms with Crippen molar-refractivity contribution >= 4 is 34.0 Å². The van der Waals surface area contributed by atoms with Crippen LogP contribution in [0.3, 0.4) is 0 Å². The first kappa shape index (κ1) is 20.3. The van der Waals surface area contributed by atoms with Gasteiger partial charge in [0.2, 0.25) is 17.6 Å². The molecule has 0 aliphatic rings. The Morgan fingerprint density at radius 3 is 2.39 bits per heavy atom. The van der Waals surface area contributed by atoms with Gasteiger partial charge < -0.3 is 15.1 Å². The maximum atomic E-state index is 11.3. The van der Waals surface area contributed by atoms with Gasteiger partial charge in [-0.3, -0.25) is 4.79 Å². The van der Waals surface area contributed by atoms with Crippen LogP contribution in [0.4, 0.5) is 17.2 Å². The van der Waals surface area contributed by atoms with Crippen LogP contribution in [0.2, 0.25) is 0 Å². The summed E-state index contributed by atoms with van der Waals surface area (Å²) in [6, 6.07) is 22.9. The lowest BCUT2D eigenvalue weighted by molar-refractivity contribution is -0.114. The maximum absolute atomic E-state index is 11.3. The minimum atomic E-state index is -0.119. The molecule has 0 saturated carbocycles. The molecule has 8 heteroatoms. The number of rotatable bonds is 5. The topological polar surface area (TPSA) is 106 Å². The van der Waals surface area contributed by atoms with Crippen molar-refractivity contribution in [2.75, 3.05) is 10.6 Å². The van der Waals surface area contributed by atoms with Gasteiger partial charge in [-0.05, 0) is 55.5 Å². The summed E-state index contributed by atoms with van der Waals surface area (Å²) in [6.07, 6.45) is 0. The molecule has 2 aromatic heterocycles. The lowest BCUT2D eigenvalue weighted by atomic mass is 10.1. The molecular weight excluding hydrogens is 416 g/mol. The number of carbonyl (C=O) groups excluding carboxylic acids is 1. The smallest absolute Gasteiger partial charge is 0.286 e. The normalized spacial score (nSPS) is 10.8. The molecule has 0 saturated heterocycles. The summed E-state index contributed by atoms with van der Waals surface area (Å²) in [5.41, 5.74) is 4.22. The van der Waals surface area contributed by atoms with E-state index in [1.165, 1.54) is 6.92 Å². The van der Waals surface area contributed by atoms with Crippen molar-refractivity contribution in [2.24, 2.45) is 0 Å². The van der Waals surface area contributed by atoms with Crippen LogP contribution in [0.15, 0.2) is 77.2 Å². The summed E-state index contributed by atoms with van der Waals surface area (Å²) in [5.74, 6) is 1.47. The number of carbonyl (C=O) groups is 1. The second-order valence-electron chi connectivity index (χ2n) is 7.58. The van der Waals surface area contributed by atoms with Gasteiger partial charge in [-0.25, -0.2) is 9.97 Å². The number of hydrogen-bond acceptors (Lipinski definition) is 7. The quantitative estimate of drug-likeness (QED) is 0.382. The number of aryl methyl sites for hydroxylation is 1. The summed E-state index contributed by atoms with van der Waals surface area (Å²) in [4.78, 5) is 20.6. The van der Waals surface area contributed by atoms with Crippen LogP contribution in [0, 0.1) is 6.92 Å². The van der Waals surface area contributed by atoms with Crippen molar-refractivity contribution in [1.29, 1.82) is 0 Å². The number of nitrogens with one attached hydrogen (secondary N) is 2. The largest absolute Gasteiger partial charge is 0.413 e. The van der Waals surface area contributed by atoms with Crippen LogP contribution in [0.5, 0.6) is 0 Å². The minimum Gasteiger partial charge on any atom is -0.413 e. The zero-order chi connectivity index (χ0) is 22.8. The Bertz CT molecular complexity index is 1460. The monoisotopic (exact) mass is 436 g/mol. The molecule has 0 spiro atoms. The summed E-state index contributed by atoms with van der Waals surface area (Å²) in [7, 11) is 0. The van der Waals surface area contributed by atoms with Crippen molar-refractivity contribution < 1.29 is 9.21 Å². The lowest BCUT2D eigenvalue weighted by Gasteiger charge is -2.10. The fourth-order valence-corrected chi connectivity index (χ4v) is 3.45. The van der Waals surface area contributed by atoms with E-state index in [-0.39, 0.29) is 11.8 Å².